The molecule has 0 aliphatic heterocycles. The second-order valence-electron chi connectivity index (χ2n) is 9.65. The van der Waals surface area contributed by atoms with Gasteiger partial charge in [0.25, 0.3) is 8.32 Å². The summed E-state index contributed by atoms with van der Waals surface area (Å²) in [6.45, 7) is 9.95. The fraction of sp³-hybridized carbons (Fsp3) is 0.357. The van der Waals surface area contributed by atoms with E-state index in [0.29, 0.717) is 12.5 Å². The Hall–Kier alpha value is -1.85. The molecule has 0 fully saturated rings. The van der Waals surface area contributed by atoms with Crippen LogP contribution < -0.4 is 16.1 Å². The number of thioether (sulfide) groups is 1. The standard InChI is InChI=1S/C28H37NOSSi/c1-23(20-27(29)31-22-24-14-8-5-9-15-24)21-30-32(28(2,3)4,25-16-10-6-11-17-25)26-18-12-7-13-19-26/h5-19,23,27H,20-22,29H2,1-4H3. The molecule has 0 aliphatic rings. The molecule has 3 aromatic rings. The molecule has 170 valence electrons. The zero-order chi connectivity index (χ0) is 23.0. The Balaban J connectivity index is 1.74. The van der Waals surface area contributed by atoms with Gasteiger partial charge in [-0.2, -0.15) is 0 Å². The fourth-order valence-corrected chi connectivity index (χ4v) is 10.1. The number of hydrogen-bond donors (Lipinski definition) is 1. The van der Waals surface area contributed by atoms with Crippen molar-refractivity contribution in [1.82, 2.24) is 0 Å². The van der Waals surface area contributed by atoms with E-state index in [0.717, 1.165) is 12.2 Å². The summed E-state index contributed by atoms with van der Waals surface area (Å²) in [6, 6.07) is 32.2. The molecule has 2 atom stereocenters. The van der Waals surface area contributed by atoms with E-state index in [9.17, 15) is 0 Å². The third kappa shape index (κ3) is 6.14. The van der Waals surface area contributed by atoms with E-state index in [1.165, 1.54) is 15.9 Å². The molecule has 32 heavy (non-hydrogen) atoms. The Labute approximate surface area is 199 Å². The van der Waals surface area contributed by atoms with E-state index in [-0.39, 0.29) is 10.4 Å². The van der Waals surface area contributed by atoms with Crippen LogP contribution in [0.25, 0.3) is 0 Å². The SMILES string of the molecule is CC(CO[Si](c1ccccc1)(c1ccccc1)C(C)(C)C)CC(N)SCc1ccccc1. The fourth-order valence-electron chi connectivity index (χ4n) is 4.34. The molecule has 0 spiro atoms. The first-order valence-corrected chi connectivity index (χ1v) is 14.4. The van der Waals surface area contributed by atoms with Gasteiger partial charge in [0.1, 0.15) is 0 Å². The van der Waals surface area contributed by atoms with Crippen LogP contribution in [0.5, 0.6) is 0 Å². The van der Waals surface area contributed by atoms with Gasteiger partial charge in [-0.1, -0.05) is 119 Å². The van der Waals surface area contributed by atoms with Crippen molar-refractivity contribution in [1.29, 1.82) is 0 Å². The maximum absolute atomic E-state index is 7.07. The Morgan fingerprint density at radius 3 is 1.75 bits per heavy atom. The van der Waals surface area contributed by atoms with Crippen molar-refractivity contribution in [2.24, 2.45) is 11.7 Å². The van der Waals surface area contributed by atoms with Gasteiger partial charge in [-0.3, -0.25) is 0 Å². The number of nitrogens with two attached hydrogens (primary N) is 1. The topological polar surface area (TPSA) is 35.2 Å². The van der Waals surface area contributed by atoms with Crippen LogP contribution in [0.3, 0.4) is 0 Å². The quantitative estimate of drug-likeness (QED) is 0.304. The van der Waals surface area contributed by atoms with Crippen molar-refractivity contribution in [3.63, 3.8) is 0 Å². The highest BCUT2D eigenvalue weighted by Crippen LogP contribution is 2.37. The normalized spacial score (nSPS) is 14.2. The van der Waals surface area contributed by atoms with Crippen LogP contribution in [-0.4, -0.2) is 20.3 Å². The van der Waals surface area contributed by atoms with Crippen LogP contribution in [-0.2, 0) is 10.2 Å². The first-order chi connectivity index (χ1) is 15.3. The lowest BCUT2D eigenvalue weighted by Gasteiger charge is -2.43. The Morgan fingerprint density at radius 2 is 1.28 bits per heavy atom. The third-order valence-electron chi connectivity index (χ3n) is 5.94. The molecule has 0 aromatic heterocycles. The second kappa shape index (κ2) is 11.3. The third-order valence-corrected chi connectivity index (χ3v) is 12.1. The van der Waals surface area contributed by atoms with Crippen LogP contribution in [0.2, 0.25) is 5.04 Å². The lowest BCUT2D eigenvalue weighted by atomic mass is 10.1. The van der Waals surface area contributed by atoms with Crippen molar-refractivity contribution >= 4 is 30.5 Å². The van der Waals surface area contributed by atoms with Crippen molar-refractivity contribution in [2.75, 3.05) is 6.61 Å². The van der Waals surface area contributed by atoms with E-state index in [1.807, 2.05) is 11.8 Å². The van der Waals surface area contributed by atoms with Gasteiger partial charge in [0.15, 0.2) is 0 Å². The molecule has 0 aliphatic carbocycles. The van der Waals surface area contributed by atoms with E-state index < -0.39 is 8.32 Å². The molecule has 0 saturated carbocycles. The predicted octanol–water partition coefficient (Wildman–Crippen LogP) is 5.81. The van der Waals surface area contributed by atoms with Gasteiger partial charge in [0.2, 0.25) is 0 Å². The number of benzene rings is 3. The average molecular weight is 464 g/mol. The van der Waals surface area contributed by atoms with Crippen LogP contribution in [0.4, 0.5) is 0 Å². The Morgan fingerprint density at radius 1 is 0.812 bits per heavy atom. The van der Waals surface area contributed by atoms with Gasteiger partial charge in [-0.15, -0.1) is 11.8 Å². The molecule has 3 aromatic carbocycles. The molecule has 2 unspecified atom stereocenters. The highest BCUT2D eigenvalue weighted by Gasteiger charge is 2.50. The van der Waals surface area contributed by atoms with Gasteiger partial charge >= 0.3 is 0 Å². The molecule has 0 heterocycles. The van der Waals surface area contributed by atoms with Gasteiger partial charge in [-0.05, 0) is 33.3 Å². The first kappa shape index (κ1) is 24.8. The van der Waals surface area contributed by atoms with Crippen LogP contribution in [0, 0.1) is 5.92 Å². The summed E-state index contributed by atoms with van der Waals surface area (Å²) in [5.74, 6) is 1.33. The van der Waals surface area contributed by atoms with E-state index in [2.05, 4.69) is 119 Å². The summed E-state index contributed by atoms with van der Waals surface area (Å²) in [7, 11) is -2.48. The van der Waals surface area contributed by atoms with Gasteiger partial charge in [0, 0.05) is 12.4 Å². The van der Waals surface area contributed by atoms with Crippen molar-refractivity contribution < 1.29 is 4.43 Å². The number of rotatable bonds is 10. The molecular formula is C28H37NOSSi. The monoisotopic (exact) mass is 463 g/mol. The van der Waals surface area contributed by atoms with Gasteiger partial charge in [-0.25, -0.2) is 0 Å². The largest absolute Gasteiger partial charge is 0.407 e. The summed E-state index contributed by atoms with van der Waals surface area (Å²) in [4.78, 5) is 0. The van der Waals surface area contributed by atoms with Crippen LogP contribution >= 0.6 is 11.8 Å². The highest BCUT2D eigenvalue weighted by molar-refractivity contribution is 7.99. The minimum Gasteiger partial charge on any atom is -0.407 e. The Bertz CT molecular complexity index is 888. The van der Waals surface area contributed by atoms with E-state index in [4.69, 9.17) is 10.2 Å². The molecule has 0 bridgehead atoms. The predicted molar refractivity (Wildman–Crippen MR) is 143 cm³/mol. The summed E-state index contributed by atoms with van der Waals surface area (Å²) < 4.78 is 7.07. The zero-order valence-electron chi connectivity index (χ0n) is 19.8. The maximum Gasteiger partial charge on any atom is 0.261 e. The lowest BCUT2D eigenvalue weighted by molar-refractivity contribution is 0.238. The van der Waals surface area contributed by atoms with Crippen LogP contribution in [0.15, 0.2) is 91.0 Å². The molecule has 0 amide bonds. The van der Waals surface area contributed by atoms with Crippen molar-refractivity contribution in [3.05, 3.63) is 96.6 Å². The zero-order valence-corrected chi connectivity index (χ0v) is 21.6. The number of hydrogen-bond acceptors (Lipinski definition) is 3. The molecule has 3 rings (SSSR count). The minimum absolute atomic E-state index is 0.000395. The highest BCUT2D eigenvalue weighted by atomic mass is 32.2. The molecule has 0 radical (unpaired) electrons. The van der Waals surface area contributed by atoms with Crippen LogP contribution in [0.1, 0.15) is 39.7 Å². The summed E-state index contributed by atoms with van der Waals surface area (Å²) in [6.07, 6.45) is 0.940. The average Bonchev–Trinajstić information content (AvgIpc) is 2.79. The van der Waals surface area contributed by atoms with Gasteiger partial charge < -0.3 is 10.2 Å². The van der Waals surface area contributed by atoms with Crippen molar-refractivity contribution in [3.8, 4) is 0 Å². The minimum atomic E-state index is -2.48. The molecule has 2 nitrogen and oxygen atoms in total. The summed E-state index contributed by atoms with van der Waals surface area (Å²) >= 11 is 1.82. The first-order valence-electron chi connectivity index (χ1n) is 11.5. The van der Waals surface area contributed by atoms with E-state index in [1.54, 1.807) is 0 Å². The lowest BCUT2D eigenvalue weighted by Crippen LogP contribution is -2.66. The Kier molecular flexibility index (Phi) is 8.77. The van der Waals surface area contributed by atoms with Crippen molar-refractivity contribution in [2.45, 2.75) is 50.3 Å². The second-order valence-corrected chi connectivity index (χ2v) is 15.2. The van der Waals surface area contributed by atoms with E-state index >= 15 is 0 Å². The molecular weight excluding hydrogens is 426 g/mol. The summed E-state index contributed by atoms with van der Waals surface area (Å²) in [5.41, 5.74) is 7.81. The molecule has 4 heteroatoms. The molecule has 0 saturated heterocycles. The summed E-state index contributed by atoms with van der Waals surface area (Å²) in [5, 5.41) is 2.76. The smallest absolute Gasteiger partial charge is 0.261 e. The van der Waals surface area contributed by atoms with Gasteiger partial charge in [0.05, 0.1) is 5.37 Å². The maximum atomic E-state index is 7.07. The molecule has 2 N–H and O–H groups in total.